The smallest absolute Gasteiger partial charge is 0.237 e. The Balaban J connectivity index is 0.000000640. The Hall–Kier alpha value is -0.870. The third-order valence-electron chi connectivity index (χ3n) is 0.695. The summed E-state index contributed by atoms with van der Waals surface area (Å²) in [4.78, 5) is 7.50. The molecule has 9 heavy (non-hydrogen) atoms. The molecule has 0 radical (unpaired) electrons. The zero-order valence-corrected chi connectivity index (χ0v) is 5.34. The molecule has 0 bridgehead atoms. The van der Waals surface area contributed by atoms with E-state index in [0.717, 1.165) is 0 Å². The van der Waals surface area contributed by atoms with Crippen molar-refractivity contribution in [3.8, 4) is 0 Å². The van der Waals surface area contributed by atoms with Crippen molar-refractivity contribution in [2.24, 2.45) is 5.84 Å². The van der Waals surface area contributed by atoms with E-state index in [9.17, 15) is 0 Å². The van der Waals surface area contributed by atoms with Crippen molar-refractivity contribution in [2.75, 3.05) is 5.43 Å². The van der Waals surface area contributed by atoms with Gasteiger partial charge in [0.2, 0.25) is 5.95 Å². The third kappa shape index (κ3) is 2.25. The van der Waals surface area contributed by atoms with Crippen LogP contribution in [0.3, 0.4) is 0 Å². The van der Waals surface area contributed by atoms with Crippen molar-refractivity contribution in [1.29, 1.82) is 0 Å². The molecule has 0 atom stereocenters. The molecule has 3 N–H and O–H groups in total. The van der Waals surface area contributed by atoms with Crippen LogP contribution in [-0.2, 0) is 0 Å². The van der Waals surface area contributed by atoms with Gasteiger partial charge in [0, 0.05) is 12.4 Å². The fourth-order valence-corrected chi connectivity index (χ4v) is 0.374. The molecule has 0 aliphatic carbocycles. The fraction of sp³-hybridized carbons (Fsp3) is 0. The van der Waals surface area contributed by atoms with Crippen LogP contribution in [0.15, 0.2) is 18.5 Å². The summed E-state index contributed by atoms with van der Waals surface area (Å²) >= 11 is 0. The molecular weight excluding hydrogens is 140 g/mol. The first-order valence-electron chi connectivity index (χ1n) is 2.17. The number of nitrogen functional groups attached to an aromatic ring is 1. The Bertz CT molecular complexity index is 154. The van der Waals surface area contributed by atoms with Gasteiger partial charge < -0.3 is 12.4 Å². The summed E-state index contributed by atoms with van der Waals surface area (Å²) in [6.45, 7) is 0. The minimum atomic E-state index is 0. The van der Waals surface area contributed by atoms with E-state index in [1.165, 1.54) is 0 Å². The lowest BCUT2D eigenvalue weighted by atomic mass is 10.7. The molecule has 0 aliphatic rings. The fourth-order valence-electron chi connectivity index (χ4n) is 0.374. The normalized spacial score (nSPS) is 7.67. The molecule has 0 aromatic carbocycles. The SMILES string of the molecule is NNc1ncccn1.[Cl-]. The van der Waals surface area contributed by atoms with Crippen molar-refractivity contribution in [1.82, 2.24) is 9.97 Å². The van der Waals surface area contributed by atoms with E-state index in [2.05, 4.69) is 15.4 Å². The van der Waals surface area contributed by atoms with Gasteiger partial charge in [-0.25, -0.2) is 15.8 Å². The molecule has 4 nitrogen and oxygen atoms in total. The minimum absolute atomic E-state index is 0. The topological polar surface area (TPSA) is 63.8 Å². The van der Waals surface area contributed by atoms with Crippen LogP contribution in [0.2, 0.25) is 0 Å². The highest BCUT2D eigenvalue weighted by Crippen LogP contribution is 1.87. The van der Waals surface area contributed by atoms with E-state index in [1.807, 2.05) is 0 Å². The lowest BCUT2D eigenvalue weighted by molar-refractivity contribution is -0.00000189. The standard InChI is InChI=1S/C4H6N4.ClH/c5-8-4-6-2-1-3-7-4;/h1-3H,5H2,(H,6,7,8);1H/p-1. The Morgan fingerprint density at radius 3 is 2.22 bits per heavy atom. The van der Waals surface area contributed by atoms with Gasteiger partial charge in [-0.05, 0) is 6.07 Å². The number of rotatable bonds is 1. The van der Waals surface area contributed by atoms with Gasteiger partial charge in [-0.1, -0.05) is 0 Å². The number of halogens is 1. The van der Waals surface area contributed by atoms with Crippen LogP contribution >= 0.6 is 0 Å². The number of nitrogens with one attached hydrogen (secondary N) is 1. The molecule has 0 amide bonds. The number of nitrogens with two attached hydrogens (primary N) is 1. The summed E-state index contributed by atoms with van der Waals surface area (Å²) in [6, 6.07) is 1.72. The zero-order valence-electron chi connectivity index (χ0n) is 4.58. The van der Waals surface area contributed by atoms with Crippen molar-refractivity contribution in [3.63, 3.8) is 0 Å². The highest BCUT2D eigenvalue weighted by atomic mass is 35.5. The van der Waals surface area contributed by atoms with E-state index >= 15 is 0 Å². The maximum Gasteiger partial charge on any atom is 0.237 e. The molecule has 1 aromatic rings. The number of nitrogens with zero attached hydrogens (tertiary/aromatic N) is 2. The molecule has 0 spiro atoms. The van der Waals surface area contributed by atoms with Crippen molar-refractivity contribution in [3.05, 3.63) is 18.5 Å². The number of hydrogen-bond acceptors (Lipinski definition) is 4. The average molecular weight is 146 g/mol. The quantitative estimate of drug-likeness (QED) is 0.322. The first-order chi connectivity index (χ1) is 3.93. The number of anilines is 1. The molecule has 0 saturated carbocycles. The largest absolute Gasteiger partial charge is 1.00 e. The van der Waals surface area contributed by atoms with E-state index < -0.39 is 0 Å². The van der Waals surface area contributed by atoms with Crippen LogP contribution in [-0.4, -0.2) is 9.97 Å². The predicted molar refractivity (Wildman–Crippen MR) is 29.8 cm³/mol. The van der Waals surface area contributed by atoms with E-state index in [4.69, 9.17) is 5.84 Å². The van der Waals surface area contributed by atoms with Gasteiger partial charge in [-0.2, -0.15) is 0 Å². The van der Waals surface area contributed by atoms with Crippen LogP contribution in [0.25, 0.3) is 0 Å². The highest BCUT2D eigenvalue weighted by Gasteiger charge is 1.81. The number of hydrogen-bond donors (Lipinski definition) is 2. The first-order valence-corrected chi connectivity index (χ1v) is 2.17. The van der Waals surface area contributed by atoms with Gasteiger partial charge in [0.1, 0.15) is 0 Å². The molecule has 0 saturated heterocycles. The molecule has 5 heteroatoms. The van der Waals surface area contributed by atoms with Crippen molar-refractivity contribution < 1.29 is 12.4 Å². The molecule has 50 valence electrons. The second-order valence-corrected chi connectivity index (χ2v) is 1.22. The second-order valence-electron chi connectivity index (χ2n) is 1.22. The van der Waals surface area contributed by atoms with Gasteiger partial charge >= 0.3 is 0 Å². The molecule has 1 heterocycles. The van der Waals surface area contributed by atoms with E-state index in [-0.39, 0.29) is 12.4 Å². The maximum absolute atomic E-state index is 4.97. The lowest BCUT2D eigenvalue weighted by Gasteiger charge is -1.91. The van der Waals surface area contributed by atoms with Crippen molar-refractivity contribution in [2.45, 2.75) is 0 Å². The van der Waals surface area contributed by atoms with Crippen molar-refractivity contribution >= 4 is 5.95 Å². The van der Waals surface area contributed by atoms with Crippen LogP contribution in [0.4, 0.5) is 5.95 Å². The monoisotopic (exact) mass is 145 g/mol. The molecule has 0 aliphatic heterocycles. The number of aromatic nitrogens is 2. The van der Waals surface area contributed by atoms with Crippen LogP contribution < -0.4 is 23.7 Å². The summed E-state index contributed by atoms with van der Waals surface area (Å²) in [6.07, 6.45) is 3.23. The predicted octanol–water partition coefficient (Wildman–Crippen LogP) is -3.23. The third-order valence-corrected chi connectivity index (χ3v) is 0.695. The van der Waals surface area contributed by atoms with E-state index in [0.29, 0.717) is 5.95 Å². The Morgan fingerprint density at radius 2 is 1.89 bits per heavy atom. The summed E-state index contributed by atoms with van der Waals surface area (Å²) in [7, 11) is 0. The zero-order chi connectivity index (χ0) is 5.82. The van der Waals surface area contributed by atoms with Gasteiger partial charge in [0.25, 0.3) is 0 Å². The second kappa shape index (κ2) is 4.05. The average Bonchev–Trinajstić information content (AvgIpc) is 1.90. The molecule has 1 aromatic heterocycles. The lowest BCUT2D eigenvalue weighted by Crippen LogP contribution is -3.00. The summed E-state index contributed by atoms with van der Waals surface area (Å²) in [5.74, 6) is 5.41. The Kier molecular flexibility index (Phi) is 3.66. The summed E-state index contributed by atoms with van der Waals surface area (Å²) in [5.41, 5.74) is 2.30. The maximum atomic E-state index is 4.97. The van der Waals surface area contributed by atoms with Gasteiger partial charge in [0.05, 0.1) is 0 Å². The van der Waals surface area contributed by atoms with Crippen LogP contribution in [0.1, 0.15) is 0 Å². The summed E-state index contributed by atoms with van der Waals surface area (Å²) in [5, 5.41) is 0. The molecule has 0 fully saturated rings. The molecule has 1 rings (SSSR count). The van der Waals surface area contributed by atoms with Gasteiger partial charge in [-0.3, -0.25) is 5.43 Å². The highest BCUT2D eigenvalue weighted by molar-refractivity contribution is 5.18. The van der Waals surface area contributed by atoms with Crippen LogP contribution in [0, 0.1) is 0 Å². The Morgan fingerprint density at radius 1 is 1.33 bits per heavy atom. The first kappa shape index (κ1) is 8.13. The molecular formula is C4H6ClN4-. The summed E-state index contributed by atoms with van der Waals surface area (Å²) < 4.78 is 0. The van der Waals surface area contributed by atoms with Gasteiger partial charge in [-0.15, -0.1) is 0 Å². The van der Waals surface area contributed by atoms with E-state index in [1.54, 1.807) is 18.5 Å². The van der Waals surface area contributed by atoms with Crippen LogP contribution in [0.5, 0.6) is 0 Å². The van der Waals surface area contributed by atoms with Gasteiger partial charge in [0.15, 0.2) is 0 Å². The number of hydrazine groups is 1. The Labute approximate surface area is 58.9 Å². The molecule has 0 unspecified atom stereocenters. The minimum Gasteiger partial charge on any atom is -1.00 e.